The molecule has 1 aromatic heterocycles. The summed E-state index contributed by atoms with van der Waals surface area (Å²) in [6.07, 6.45) is 0. The third-order valence-electron chi connectivity index (χ3n) is 2.33. The summed E-state index contributed by atoms with van der Waals surface area (Å²) in [7, 11) is 0. The molecule has 0 spiro atoms. The zero-order chi connectivity index (χ0) is 13.1. The van der Waals surface area contributed by atoms with Crippen molar-refractivity contribution in [2.24, 2.45) is 0 Å². The lowest BCUT2D eigenvalue weighted by Crippen LogP contribution is -2.10. The molecule has 0 aliphatic rings. The number of nitrogens with one attached hydrogen (secondary N) is 2. The van der Waals surface area contributed by atoms with E-state index in [0.29, 0.717) is 17.0 Å². The maximum Gasteiger partial charge on any atom is 0.222 e. The van der Waals surface area contributed by atoms with Gasteiger partial charge in [-0.2, -0.15) is 0 Å². The van der Waals surface area contributed by atoms with E-state index in [9.17, 15) is 9.59 Å². The summed E-state index contributed by atoms with van der Waals surface area (Å²) < 4.78 is 0. The first kappa shape index (κ1) is 12.0. The Kier molecular flexibility index (Phi) is 3.23. The van der Waals surface area contributed by atoms with Crippen LogP contribution in [0.2, 0.25) is 0 Å². The molecule has 0 saturated heterocycles. The van der Waals surface area contributed by atoms with E-state index in [1.807, 2.05) is 24.3 Å². The second-order valence-electron chi connectivity index (χ2n) is 3.93. The number of carbonyl (C=O) groups is 2. The van der Waals surface area contributed by atoms with Crippen molar-refractivity contribution in [3.63, 3.8) is 0 Å². The lowest BCUT2D eigenvalue weighted by Gasteiger charge is -2.09. The number of rotatable bonds is 2. The predicted molar refractivity (Wildman–Crippen MR) is 70.4 cm³/mol. The van der Waals surface area contributed by atoms with Gasteiger partial charge in [-0.05, 0) is 6.07 Å². The molecule has 1 aromatic carbocycles. The molecule has 0 unspecified atom stereocenters. The van der Waals surface area contributed by atoms with E-state index in [-0.39, 0.29) is 11.8 Å². The van der Waals surface area contributed by atoms with Gasteiger partial charge in [0.25, 0.3) is 0 Å². The fourth-order valence-electron chi connectivity index (χ4n) is 1.71. The Hall–Kier alpha value is -2.43. The van der Waals surface area contributed by atoms with Gasteiger partial charge in [-0.15, -0.1) is 0 Å². The zero-order valence-electron chi connectivity index (χ0n) is 10.2. The van der Waals surface area contributed by atoms with Gasteiger partial charge < -0.3 is 10.6 Å². The number of aromatic nitrogens is 1. The van der Waals surface area contributed by atoms with Crippen molar-refractivity contribution in [1.29, 1.82) is 0 Å². The Balaban J connectivity index is 2.56. The summed E-state index contributed by atoms with van der Waals surface area (Å²) in [5.41, 5.74) is 1.35. The number of pyridine rings is 1. The van der Waals surface area contributed by atoms with Crippen LogP contribution in [-0.2, 0) is 9.59 Å². The number of para-hydroxylation sites is 1. The van der Waals surface area contributed by atoms with Crippen LogP contribution in [0.15, 0.2) is 30.3 Å². The minimum Gasteiger partial charge on any atom is -0.326 e. The number of amides is 2. The summed E-state index contributed by atoms with van der Waals surface area (Å²) in [5.74, 6) is 0.0524. The van der Waals surface area contributed by atoms with Gasteiger partial charge in [-0.25, -0.2) is 4.98 Å². The first-order chi connectivity index (χ1) is 8.56. The molecule has 2 aromatic rings. The summed E-state index contributed by atoms with van der Waals surface area (Å²) >= 11 is 0. The van der Waals surface area contributed by atoms with Crippen LogP contribution in [-0.4, -0.2) is 16.8 Å². The first-order valence-electron chi connectivity index (χ1n) is 5.51. The van der Waals surface area contributed by atoms with Gasteiger partial charge in [0, 0.05) is 25.3 Å². The lowest BCUT2D eigenvalue weighted by molar-refractivity contribution is -0.115. The molecular weight excluding hydrogens is 230 g/mol. The summed E-state index contributed by atoms with van der Waals surface area (Å²) in [6, 6.07) is 9.06. The zero-order valence-corrected chi connectivity index (χ0v) is 10.2. The largest absolute Gasteiger partial charge is 0.326 e. The Bertz CT molecular complexity index is 623. The maximum atomic E-state index is 11.2. The molecule has 0 atom stereocenters. The van der Waals surface area contributed by atoms with Crippen molar-refractivity contribution in [1.82, 2.24) is 4.98 Å². The van der Waals surface area contributed by atoms with Crippen molar-refractivity contribution in [3.05, 3.63) is 30.3 Å². The van der Waals surface area contributed by atoms with E-state index < -0.39 is 0 Å². The first-order valence-corrected chi connectivity index (χ1v) is 5.51. The molecular formula is C13H13N3O2. The lowest BCUT2D eigenvalue weighted by atomic mass is 10.2. The molecule has 0 aliphatic heterocycles. The third-order valence-corrected chi connectivity index (χ3v) is 2.33. The van der Waals surface area contributed by atoms with E-state index >= 15 is 0 Å². The van der Waals surface area contributed by atoms with Crippen molar-refractivity contribution in [3.8, 4) is 0 Å². The quantitative estimate of drug-likeness (QED) is 0.849. The van der Waals surface area contributed by atoms with Crippen LogP contribution in [0.5, 0.6) is 0 Å². The highest BCUT2D eigenvalue weighted by Crippen LogP contribution is 2.25. The smallest absolute Gasteiger partial charge is 0.222 e. The monoisotopic (exact) mass is 243 g/mol. The second kappa shape index (κ2) is 4.83. The molecule has 2 rings (SSSR count). The Morgan fingerprint density at radius 1 is 1.06 bits per heavy atom. The Labute approximate surface area is 104 Å². The molecule has 5 heteroatoms. The number of anilines is 2. The molecule has 2 amide bonds. The van der Waals surface area contributed by atoms with E-state index in [0.717, 1.165) is 5.39 Å². The predicted octanol–water partition coefficient (Wildman–Crippen LogP) is 2.15. The number of carbonyl (C=O) groups excluding carboxylic acids is 2. The Morgan fingerprint density at radius 3 is 2.39 bits per heavy atom. The van der Waals surface area contributed by atoms with Gasteiger partial charge in [0.05, 0.1) is 11.2 Å². The summed E-state index contributed by atoms with van der Waals surface area (Å²) in [6.45, 7) is 2.85. The normalized spacial score (nSPS) is 10.1. The van der Waals surface area contributed by atoms with Crippen LogP contribution < -0.4 is 10.6 Å². The molecule has 18 heavy (non-hydrogen) atoms. The maximum absolute atomic E-state index is 11.2. The van der Waals surface area contributed by atoms with Gasteiger partial charge in [-0.1, -0.05) is 18.2 Å². The van der Waals surface area contributed by atoms with Gasteiger partial charge in [0.15, 0.2) is 0 Å². The fourth-order valence-corrected chi connectivity index (χ4v) is 1.71. The molecule has 0 fully saturated rings. The van der Waals surface area contributed by atoms with Gasteiger partial charge in [-0.3, -0.25) is 9.59 Å². The highest BCUT2D eigenvalue weighted by Gasteiger charge is 2.07. The number of hydrogen-bond donors (Lipinski definition) is 2. The third kappa shape index (κ3) is 2.63. The molecule has 0 radical (unpaired) electrons. The van der Waals surface area contributed by atoms with Gasteiger partial charge in [0.2, 0.25) is 11.8 Å². The molecule has 1 heterocycles. The summed E-state index contributed by atoms with van der Waals surface area (Å²) in [4.78, 5) is 26.5. The van der Waals surface area contributed by atoms with Crippen molar-refractivity contribution >= 4 is 34.2 Å². The second-order valence-corrected chi connectivity index (χ2v) is 3.93. The van der Waals surface area contributed by atoms with Gasteiger partial charge in [0.1, 0.15) is 5.82 Å². The number of hydrogen-bond acceptors (Lipinski definition) is 3. The molecule has 5 nitrogen and oxygen atoms in total. The van der Waals surface area contributed by atoms with Crippen LogP contribution in [0.25, 0.3) is 10.9 Å². The van der Waals surface area contributed by atoms with Crippen LogP contribution >= 0.6 is 0 Å². The average Bonchev–Trinajstić information content (AvgIpc) is 2.27. The SMILES string of the molecule is CC(=O)Nc1cc(NC(C)=O)c2ccccc2n1. The molecule has 0 aliphatic carbocycles. The molecule has 92 valence electrons. The van der Waals surface area contributed by atoms with Crippen molar-refractivity contribution in [2.45, 2.75) is 13.8 Å². The summed E-state index contributed by atoms with van der Waals surface area (Å²) in [5, 5.41) is 6.18. The highest BCUT2D eigenvalue weighted by atomic mass is 16.2. The number of nitrogens with zero attached hydrogens (tertiary/aromatic N) is 1. The minimum atomic E-state index is -0.202. The van der Waals surface area contributed by atoms with Crippen LogP contribution in [0.3, 0.4) is 0 Å². The molecule has 0 bridgehead atoms. The van der Waals surface area contributed by atoms with Crippen molar-refractivity contribution < 1.29 is 9.59 Å². The van der Waals surface area contributed by atoms with Crippen LogP contribution in [0, 0.1) is 0 Å². The van der Waals surface area contributed by atoms with E-state index in [1.165, 1.54) is 13.8 Å². The highest BCUT2D eigenvalue weighted by molar-refractivity contribution is 6.02. The van der Waals surface area contributed by atoms with E-state index in [4.69, 9.17) is 0 Å². The van der Waals surface area contributed by atoms with Gasteiger partial charge >= 0.3 is 0 Å². The topological polar surface area (TPSA) is 71.1 Å². The van der Waals surface area contributed by atoms with Crippen LogP contribution in [0.4, 0.5) is 11.5 Å². The number of benzene rings is 1. The average molecular weight is 243 g/mol. The van der Waals surface area contributed by atoms with E-state index in [1.54, 1.807) is 6.07 Å². The van der Waals surface area contributed by atoms with Crippen LogP contribution in [0.1, 0.15) is 13.8 Å². The standard InChI is InChI=1S/C13H13N3O2/c1-8(17)14-12-7-13(15-9(2)18)16-11-6-4-3-5-10(11)12/h3-7H,1-2H3,(H2,14,15,16,17,18). The van der Waals surface area contributed by atoms with E-state index in [2.05, 4.69) is 15.6 Å². The Morgan fingerprint density at radius 2 is 1.72 bits per heavy atom. The number of fused-ring (bicyclic) bond motifs is 1. The minimum absolute atomic E-state index is 0.167. The fraction of sp³-hybridized carbons (Fsp3) is 0.154. The molecule has 2 N–H and O–H groups in total. The van der Waals surface area contributed by atoms with Crippen molar-refractivity contribution in [2.75, 3.05) is 10.6 Å². The molecule has 0 saturated carbocycles.